The van der Waals surface area contributed by atoms with Crippen molar-refractivity contribution in [3.63, 3.8) is 0 Å². The van der Waals surface area contributed by atoms with E-state index in [9.17, 15) is 0 Å². The molecule has 1 heterocycles. The summed E-state index contributed by atoms with van der Waals surface area (Å²) in [5.41, 5.74) is 4.29. The van der Waals surface area contributed by atoms with Crippen LogP contribution in [-0.2, 0) is 17.0 Å². The van der Waals surface area contributed by atoms with Gasteiger partial charge in [-0.25, -0.2) is 0 Å². The van der Waals surface area contributed by atoms with Crippen LogP contribution >= 0.6 is 26.5 Å². The second kappa shape index (κ2) is 12.0. The van der Waals surface area contributed by atoms with Gasteiger partial charge in [-0.3, -0.25) is 0 Å². The van der Waals surface area contributed by atoms with Gasteiger partial charge in [0.15, 0.2) is 0 Å². The van der Waals surface area contributed by atoms with Crippen molar-refractivity contribution < 1.29 is 17.0 Å². The van der Waals surface area contributed by atoms with Crippen molar-refractivity contribution in [2.24, 2.45) is 35.5 Å². The van der Waals surface area contributed by atoms with Crippen molar-refractivity contribution in [2.75, 3.05) is 6.66 Å². The average molecular weight is 560 g/mol. The van der Waals surface area contributed by atoms with Crippen LogP contribution in [0.3, 0.4) is 0 Å². The molecule has 1 saturated heterocycles. The summed E-state index contributed by atoms with van der Waals surface area (Å²) in [6, 6.07) is 11.0. The molecule has 1 aromatic rings. The van der Waals surface area contributed by atoms with Gasteiger partial charge in [0.1, 0.15) is 0 Å². The zero-order valence-electron chi connectivity index (χ0n) is 21.5. The molecular formula is C27H44Cl2NPSiTi-2. The second-order valence-corrected chi connectivity index (χ2v) is 21.1. The van der Waals surface area contributed by atoms with Crippen molar-refractivity contribution in [1.29, 1.82) is 0 Å². The molecule has 1 aromatic carbocycles. The Hall–Kier alpha value is 0.961. The molecule has 0 amide bonds. The molecular weight excluding hydrogens is 516 g/mol. The molecule has 0 bridgehead atoms. The summed E-state index contributed by atoms with van der Waals surface area (Å²) in [6.07, 6.45) is 9.13. The number of hydrogen-bond acceptors (Lipinski definition) is 0. The molecule has 0 N–H and O–H groups in total. The van der Waals surface area contributed by atoms with Crippen molar-refractivity contribution in [1.82, 2.24) is 0 Å². The van der Waals surface area contributed by atoms with E-state index in [4.69, 9.17) is 23.6 Å². The molecule has 5 rings (SSSR count). The maximum absolute atomic E-state index is 5.57. The van der Waals surface area contributed by atoms with Gasteiger partial charge in [0.25, 0.3) is 0 Å². The second-order valence-electron chi connectivity index (χ2n) is 11.7. The van der Waals surface area contributed by atoms with Crippen LogP contribution in [0.25, 0.3) is 4.98 Å². The zero-order valence-corrected chi connectivity index (χ0v) is 26.4. The monoisotopic (exact) mass is 559 g/mol. The molecule has 4 fully saturated rings. The van der Waals surface area contributed by atoms with E-state index >= 15 is 0 Å². The molecule has 186 valence electrons. The molecule has 1 nitrogen and oxygen atoms in total. The third-order valence-corrected chi connectivity index (χ3v) is 16.6. The Morgan fingerprint density at radius 2 is 1.52 bits per heavy atom. The summed E-state index contributed by atoms with van der Waals surface area (Å²) < 4.78 is 0. The van der Waals surface area contributed by atoms with Gasteiger partial charge < -0.3 is 12.4 Å². The number of rotatable bonds is 3. The summed E-state index contributed by atoms with van der Waals surface area (Å²) in [6.45, 7) is 13.1. The van der Waals surface area contributed by atoms with Gasteiger partial charge in [0.2, 0.25) is 0 Å². The van der Waals surface area contributed by atoms with Gasteiger partial charge in [-0.05, 0) is 87.4 Å². The fraction of sp³-hybridized carbons (Fsp3) is 0.741. The zero-order chi connectivity index (χ0) is 23.0. The van der Waals surface area contributed by atoms with Gasteiger partial charge in [0.05, 0.1) is 0 Å². The minimum absolute atomic E-state index is 0. The topological polar surface area (TPSA) is 14.1 Å². The summed E-state index contributed by atoms with van der Waals surface area (Å²) in [5, 5.41) is 0. The van der Waals surface area contributed by atoms with Gasteiger partial charge >= 0.3 is 35.6 Å². The van der Waals surface area contributed by atoms with Crippen LogP contribution in [0.2, 0.25) is 18.6 Å². The van der Waals surface area contributed by atoms with Crippen molar-refractivity contribution in [3.8, 4) is 0 Å². The van der Waals surface area contributed by atoms with E-state index in [2.05, 4.69) is 63.9 Å². The molecule has 4 aliphatic rings. The standard InChI is InChI=1S/C26H41NPSi.CH3.2ClH.Ti/c1-17-15-21-22(16-18(17)2)26(29(4,5)27-19-11-7-6-8-12-19)25-24(21)20-13-9-10-14-23(20)28(25)3;;;;/h6-8,11-12,17-18,20-26H,9-10,13-16H2,1-5H3;1H3;2*1H;/q2*-1;;;+2/p-2. The number of halogens is 2. The summed E-state index contributed by atoms with van der Waals surface area (Å²) >= 11 is -0.556. The summed E-state index contributed by atoms with van der Waals surface area (Å²) in [5.74, 6) is 5.95. The van der Waals surface area contributed by atoms with E-state index in [0.717, 1.165) is 52.4 Å². The third-order valence-electron chi connectivity index (χ3n) is 9.79. The van der Waals surface area contributed by atoms with Gasteiger partial charge in [-0.1, -0.05) is 75.7 Å². The Morgan fingerprint density at radius 3 is 2.15 bits per heavy atom. The first kappa shape index (κ1) is 28.5. The first-order chi connectivity index (χ1) is 15.3. The molecule has 10 atom stereocenters. The van der Waals surface area contributed by atoms with E-state index in [-0.39, 0.29) is 15.3 Å². The van der Waals surface area contributed by atoms with E-state index in [1.54, 1.807) is 12.8 Å². The molecule has 1 aliphatic heterocycles. The van der Waals surface area contributed by atoms with E-state index in [0.29, 0.717) is 0 Å². The Balaban J connectivity index is 0.000000728. The quantitative estimate of drug-likeness (QED) is 0.198. The Morgan fingerprint density at radius 1 is 0.939 bits per heavy atom. The van der Waals surface area contributed by atoms with Gasteiger partial charge in [0, 0.05) is 0 Å². The average Bonchev–Trinajstić information content (AvgIpc) is 3.23. The Bertz CT molecular complexity index is 753. The molecule has 0 radical (unpaired) electrons. The SMILES string of the molecule is CC1CC2C(CC1C)C([Si](C)(C)[N-]c1ccccc1)C1C2C2CCCCC2P1C.[CH3-].[Cl][Ti][Cl]. The van der Waals surface area contributed by atoms with Crippen LogP contribution in [0.4, 0.5) is 5.69 Å². The Labute approximate surface area is 223 Å². The predicted octanol–water partition coefficient (Wildman–Crippen LogP) is 10.1. The fourth-order valence-corrected chi connectivity index (χ4v) is 17.5. The molecule has 6 heteroatoms. The van der Waals surface area contributed by atoms with Crippen LogP contribution in [0.15, 0.2) is 30.3 Å². The molecule has 10 unspecified atom stereocenters. The number of fused-ring (bicyclic) bond motifs is 5. The van der Waals surface area contributed by atoms with Crippen molar-refractivity contribution in [3.05, 3.63) is 42.7 Å². The predicted molar refractivity (Wildman–Crippen MR) is 149 cm³/mol. The van der Waals surface area contributed by atoms with Crippen LogP contribution in [0.1, 0.15) is 52.4 Å². The van der Waals surface area contributed by atoms with E-state index in [1.165, 1.54) is 31.4 Å². The molecule has 0 aromatic heterocycles. The first-order valence-electron chi connectivity index (χ1n) is 12.8. The van der Waals surface area contributed by atoms with E-state index < -0.39 is 25.3 Å². The number of nitrogens with zero attached hydrogens (tertiary/aromatic N) is 1. The van der Waals surface area contributed by atoms with Crippen molar-refractivity contribution in [2.45, 2.75) is 82.3 Å². The van der Waals surface area contributed by atoms with E-state index in [1.807, 2.05) is 0 Å². The molecule has 33 heavy (non-hydrogen) atoms. The van der Waals surface area contributed by atoms with Crippen LogP contribution in [0, 0.1) is 42.9 Å². The van der Waals surface area contributed by atoms with Crippen LogP contribution < -0.4 is 0 Å². The summed E-state index contributed by atoms with van der Waals surface area (Å²) in [4.78, 5) is 5.57. The molecule has 3 aliphatic carbocycles. The van der Waals surface area contributed by atoms with Gasteiger partial charge in [-0.2, -0.15) is 0 Å². The normalized spacial score (nSPS) is 41.4. The fourth-order valence-electron chi connectivity index (χ4n) is 8.54. The maximum atomic E-state index is 5.57. The van der Waals surface area contributed by atoms with Crippen molar-refractivity contribution >= 4 is 40.5 Å². The third kappa shape index (κ3) is 5.62. The number of hydrogen-bond donors (Lipinski definition) is 0. The first-order valence-corrected chi connectivity index (χ1v) is 22.0. The molecule has 0 spiro atoms. The Kier molecular flexibility index (Phi) is 10.4. The van der Waals surface area contributed by atoms with Crippen LogP contribution in [-0.4, -0.2) is 26.2 Å². The van der Waals surface area contributed by atoms with Gasteiger partial charge in [-0.15, -0.1) is 13.6 Å². The minimum atomic E-state index is -1.72. The summed E-state index contributed by atoms with van der Waals surface area (Å²) in [7, 11) is 8.22. The molecule has 3 saturated carbocycles. The number of benzene rings is 1. The van der Waals surface area contributed by atoms with Crippen LogP contribution in [0.5, 0.6) is 0 Å².